The van der Waals surface area contributed by atoms with E-state index in [2.05, 4.69) is 15.2 Å². The molecule has 1 amide bonds. The van der Waals surface area contributed by atoms with Crippen LogP contribution >= 0.6 is 11.3 Å². The molecule has 0 radical (unpaired) electrons. The van der Waals surface area contributed by atoms with E-state index in [4.69, 9.17) is 14.2 Å². The molecule has 2 aromatic heterocycles. The zero-order chi connectivity index (χ0) is 21.5. The van der Waals surface area contributed by atoms with Gasteiger partial charge in [-0.3, -0.25) is 19.5 Å². The molecule has 0 aliphatic carbocycles. The van der Waals surface area contributed by atoms with E-state index in [9.17, 15) is 14.7 Å². The van der Waals surface area contributed by atoms with Gasteiger partial charge in [-0.2, -0.15) is 0 Å². The first-order valence-corrected chi connectivity index (χ1v) is 9.93. The topological polar surface area (TPSA) is 124 Å². The molecule has 3 aromatic rings. The zero-order valence-electron chi connectivity index (χ0n) is 16.0. The number of carbonyl (C=O) groups excluding carboxylic acids is 2. The predicted molar refractivity (Wildman–Crippen MR) is 108 cm³/mol. The molecule has 156 valence electrons. The standard InChI is InChI=1S/C20H14N4O6S/c1-28-12-5-11(6-13-18(12)30-9-29-13)15-14(16(25)10-3-2-4-21-7-10)17(26)19(27)24(15)20-23-22-8-31-20/h2-8,15,25H,9H2,1H3/b16-14+. The summed E-state index contributed by atoms with van der Waals surface area (Å²) in [7, 11) is 1.47. The number of hydrogen-bond donors (Lipinski definition) is 1. The molecule has 1 aromatic carbocycles. The first kappa shape index (κ1) is 19.0. The van der Waals surface area contributed by atoms with Gasteiger partial charge < -0.3 is 19.3 Å². The van der Waals surface area contributed by atoms with Crippen LogP contribution in [0.15, 0.2) is 47.7 Å². The van der Waals surface area contributed by atoms with Crippen molar-refractivity contribution >= 4 is 33.9 Å². The Morgan fingerprint density at radius 1 is 1.32 bits per heavy atom. The summed E-state index contributed by atoms with van der Waals surface area (Å²) in [5.41, 5.74) is 2.12. The highest BCUT2D eigenvalue weighted by atomic mass is 32.1. The summed E-state index contributed by atoms with van der Waals surface area (Å²) < 4.78 is 16.3. The minimum absolute atomic E-state index is 0.0153. The summed E-state index contributed by atoms with van der Waals surface area (Å²) in [6, 6.07) is 5.50. The number of Topliss-reactive ketones (excluding diaryl/α,β-unsaturated/α-hetero) is 1. The lowest BCUT2D eigenvalue weighted by Gasteiger charge is -2.23. The number of anilines is 1. The fourth-order valence-electron chi connectivity index (χ4n) is 3.58. The van der Waals surface area contributed by atoms with Crippen molar-refractivity contribution in [3.8, 4) is 17.2 Å². The van der Waals surface area contributed by atoms with Crippen LogP contribution in [0.4, 0.5) is 5.13 Å². The molecule has 0 saturated carbocycles. The quantitative estimate of drug-likeness (QED) is 0.371. The largest absolute Gasteiger partial charge is 0.507 e. The summed E-state index contributed by atoms with van der Waals surface area (Å²) >= 11 is 1.10. The van der Waals surface area contributed by atoms with Crippen molar-refractivity contribution in [1.82, 2.24) is 15.2 Å². The Morgan fingerprint density at radius 3 is 2.90 bits per heavy atom. The van der Waals surface area contributed by atoms with E-state index in [1.807, 2.05) is 0 Å². The molecule has 1 fully saturated rings. The number of nitrogens with zero attached hydrogens (tertiary/aromatic N) is 4. The van der Waals surface area contributed by atoms with Gasteiger partial charge in [0.2, 0.25) is 17.7 Å². The summed E-state index contributed by atoms with van der Waals surface area (Å²) in [4.78, 5) is 31.2. The number of methoxy groups -OCH3 is 1. The summed E-state index contributed by atoms with van der Waals surface area (Å²) in [5, 5.41) is 18.9. The number of benzene rings is 1. The number of rotatable bonds is 4. The van der Waals surface area contributed by atoms with Crippen LogP contribution < -0.4 is 19.1 Å². The smallest absolute Gasteiger partial charge is 0.301 e. The molecule has 2 aliphatic heterocycles. The maximum atomic E-state index is 13.0. The monoisotopic (exact) mass is 438 g/mol. The second-order valence-electron chi connectivity index (χ2n) is 6.59. The van der Waals surface area contributed by atoms with Gasteiger partial charge in [-0.25, -0.2) is 0 Å². The number of ketones is 1. The highest BCUT2D eigenvalue weighted by Crippen LogP contribution is 2.48. The van der Waals surface area contributed by atoms with E-state index < -0.39 is 17.7 Å². The number of aliphatic hydroxyl groups excluding tert-OH is 1. The van der Waals surface area contributed by atoms with Crippen LogP contribution in [0.25, 0.3) is 5.76 Å². The fraction of sp³-hybridized carbons (Fsp3) is 0.150. The predicted octanol–water partition coefficient (Wildman–Crippen LogP) is 2.30. The SMILES string of the molecule is COc1cc(C2/C(=C(\O)c3cccnc3)C(=O)C(=O)N2c2nncs2)cc2c1OCO2. The number of amides is 1. The maximum Gasteiger partial charge on any atom is 0.301 e. The molecular formula is C20H14N4O6S. The van der Waals surface area contributed by atoms with Gasteiger partial charge in [0.05, 0.1) is 18.7 Å². The second kappa shape index (κ2) is 7.36. The second-order valence-corrected chi connectivity index (χ2v) is 7.40. The van der Waals surface area contributed by atoms with Gasteiger partial charge >= 0.3 is 5.91 Å². The minimum Gasteiger partial charge on any atom is -0.507 e. The number of ether oxygens (including phenoxy) is 3. The Hall–Kier alpha value is -3.99. The molecule has 0 bridgehead atoms. The molecule has 11 heteroatoms. The van der Waals surface area contributed by atoms with Crippen molar-refractivity contribution in [2.75, 3.05) is 18.8 Å². The van der Waals surface area contributed by atoms with Gasteiger partial charge in [-0.1, -0.05) is 11.3 Å². The first-order valence-electron chi connectivity index (χ1n) is 9.05. The van der Waals surface area contributed by atoms with Gasteiger partial charge in [0.25, 0.3) is 5.78 Å². The van der Waals surface area contributed by atoms with E-state index in [-0.39, 0.29) is 23.3 Å². The third-order valence-corrected chi connectivity index (χ3v) is 5.62. The number of aliphatic hydroxyl groups is 1. The molecule has 1 saturated heterocycles. The average molecular weight is 438 g/mol. The number of fused-ring (bicyclic) bond motifs is 1. The summed E-state index contributed by atoms with van der Waals surface area (Å²) in [6.45, 7) is 0.0153. The van der Waals surface area contributed by atoms with E-state index in [0.29, 0.717) is 28.4 Å². The average Bonchev–Trinajstić information content (AvgIpc) is 3.54. The van der Waals surface area contributed by atoms with Gasteiger partial charge in [-0.05, 0) is 29.8 Å². The van der Waals surface area contributed by atoms with Crippen LogP contribution in [-0.2, 0) is 9.59 Å². The Bertz CT molecular complexity index is 1210. The van der Waals surface area contributed by atoms with Gasteiger partial charge in [-0.15, -0.1) is 10.2 Å². The lowest BCUT2D eigenvalue weighted by atomic mass is 9.95. The Labute approximate surface area is 179 Å². The molecule has 2 aliphatic rings. The lowest BCUT2D eigenvalue weighted by molar-refractivity contribution is -0.132. The number of aromatic nitrogens is 3. The molecule has 0 spiro atoms. The van der Waals surface area contributed by atoms with Crippen LogP contribution in [-0.4, -0.2) is 45.9 Å². The van der Waals surface area contributed by atoms with Crippen molar-refractivity contribution in [2.45, 2.75) is 6.04 Å². The van der Waals surface area contributed by atoms with Gasteiger partial charge in [0, 0.05) is 18.0 Å². The lowest BCUT2D eigenvalue weighted by Crippen LogP contribution is -2.29. The molecule has 31 heavy (non-hydrogen) atoms. The Kier molecular flexibility index (Phi) is 4.51. The van der Waals surface area contributed by atoms with Crippen LogP contribution in [0.3, 0.4) is 0 Å². The normalized spacial score (nSPS) is 19.1. The molecule has 10 nitrogen and oxygen atoms in total. The Balaban J connectivity index is 1.75. The highest BCUT2D eigenvalue weighted by Gasteiger charge is 2.48. The third-order valence-electron chi connectivity index (χ3n) is 4.93. The zero-order valence-corrected chi connectivity index (χ0v) is 16.8. The van der Waals surface area contributed by atoms with Crippen LogP contribution in [0.5, 0.6) is 17.2 Å². The minimum atomic E-state index is -0.989. The fourth-order valence-corrected chi connectivity index (χ4v) is 4.17. The maximum absolute atomic E-state index is 13.0. The molecule has 4 heterocycles. The van der Waals surface area contributed by atoms with E-state index in [1.54, 1.807) is 24.3 Å². The van der Waals surface area contributed by atoms with Crippen molar-refractivity contribution < 1.29 is 28.9 Å². The summed E-state index contributed by atoms with van der Waals surface area (Å²) in [5.74, 6) is -0.832. The van der Waals surface area contributed by atoms with Gasteiger partial charge in [0.1, 0.15) is 11.3 Å². The molecular weight excluding hydrogens is 424 g/mol. The van der Waals surface area contributed by atoms with Crippen LogP contribution in [0.1, 0.15) is 17.2 Å². The Morgan fingerprint density at radius 2 is 2.19 bits per heavy atom. The molecule has 1 atom stereocenters. The molecule has 1 N–H and O–H groups in total. The summed E-state index contributed by atoms with van der Waals surface area (Å²) in [6.07, 6.45) is 2.95. The van der Waals surface area contributed by atoms with Gasteiger partial charge in [0.15, 0.2) is 11.5 Å². The van der Waals surface area contributed by atoms with E-state index in [0.717, 1.165) is 11.3 Å². The van der Waals surface area contributed by atoms with Crippen molar-refractivity contribution in [2.24, 2.45) is 0 Å². The van der Waals surface area contributed by atoms with Crippen molar-refractivity contribution in [3.63, 3.8) is 0 Å². The molecule has 5 rings (SSSR count). The van der Waals surface area contributed by atoms with Crippen molar-refractivity contribution in [3.05, 3.63) is 58.9 Å². The third kappa shape index (κ3) is 2.97. The first-order chi connectivity index (χ1) is 15.1. The number of pyridine rings is 1. The molecule has 1 unspecified atom stereocenters. The number of hydrogen-bond acceptors (Lipinski definition) is 10. The van der Waals surface area contributed by atoms with Crippen LogP contribution in [0, 0.1) is 0 Å². The van der Waals surface area contributed by atoms with E-state index in [1.165, 1.54) is 29.9 Å². The number of carbonyl (C=O) groups is 2. The van der Waals surface area contributed by atoms with Crippen LogP contribution in [0.2, 0.25) is 0 Å². The highest BCUT2D eigenvalue weighted by molar-refractivity contribution is 7.13. The van der Waals surface area contributed by atoms with E-state index >= 15 is 0 Å². The van der Waals surface area contributed by atoms with Crippen molar-refractivity contribution in [1.29, 1.82) is 0 Å².